The van der Waals surface area contributed by atoms with Crippen LogP contribution in [0.5, 0.6) is 0 Å². The van der Waals surface area contributed by atoms with E-state index in [-0.39, 0.29) is 29.0 Å². The van der Waals surface area contributed by atoms with Crippen LogP contribution in [0.2, 0.25) is 0 Å². The van der Waals surface area contributed by atoms with Crippen molar-refractivity contribution in [3.8, 4) is 0 Å². The summed E-state index contributed by atoms with van der Waals surface area (Å²) in [6.07, 6.45) is 4.15. The SMILES string of the molecule is Cc1coc2c1[C@@H](OC(=O)C(C)C)[C@]1(C)[C@@H](C)CCC[C@H]1C2=O. The molecule has 4 nitrogen and oxygen atoms in total. The number of fused-ring (bicyclic) bond motifs is 2. The van der Waals surface area contributed by atoms with Crippen molar-refractivity contribution >= 4 is 11.8 Å². The first-order valence-corrected chi connectivity index (χ1v) is 8.61. The zero-order valence-corrected chi connectivity index (χ0v) is 14.6. The first-order valence-electron chi connectivity index (χ1n) is 8.61. The molecule has 0 radical (unpaired) electrons. The standard InChI is InChI=1S/C19H26O4/c1-10(2)18(21)23-17-14-11(3)9-22-16(14)15(20)13-8-6-7-12(4)19(13,17)5/h9-10,12-13,17H,6-8H2,1-5H3/t12-,13-,17+,19+/m0/s1. The molecule has 3 rings (SSSR count). The molecule has 0 N–H and O–H groups in total. The van der Waals surface area contributed by atoms with E-state index in [1.54, 1.807) is 6.26 Å². The molecule has 2 aliphatic rings. The Hall–Kier alpha value is -1.58. The van der Waals surface area contributed by atoms with E-state index in [9.17, 15) is 9.59 Å². The second kappa shape index (κ2) is 5.50. The third kappa shape index (κ3) is 2.26. The van der Waals surface area contributed by atoms with Gasteiger partial charge in [-0.25, -0.2) is 0 Å². The molecule has 1 saturated carbocycles. The van der Waals surface area contributed by atoms with E-state index in [1.807, 2.05) is 20.8 Å². The summed E-state index contributed by atoms with van der Waals surface area (Å²) in [7, 11) is 0. The highest BCUT2D eigenvalue weighted by molar-refractivity contribution is 5.99. The van der Waals surface area contributed by atoms with Crippen LogP contribution < -0.4 is 0 Å². The number of carbonyl (C=O) groups excluding carboxylic acids is 2. The summed E-state index contributed by atoms with van der Waals surface area (Å²) in [4.78, 5) is 25.3. The molecule has 0 aromatic carbocycles. The molecule has 0 bridgehead atoms. The van der Waals surface area contributed by atoms with E-state index in [0.29, 0.717) is 11.7 Å². The van der Waals surface area contributed by atoms with Crippen molar-refractivity contribution in [2.45, 2.75) is 60.0 Å². The van der Waals surface area contributed by atoms with Gasteiger partial charge in [0.1, 0.15) is 6.10 Å². The summed E-state index contributed by atoms with van der Waals surface area (Å²) in [5, 5.41) is 0. The van der Waals surface area contributed by atoms with Crippen LogP contribution in [0.4, 0.5) is 0 Å². The molecule has 0 saturated heterocycles. The Balaban J connectivity index is 2.14. The number of rotatable bonds is 2. The Bertz CT molecular complexity index is 642. The topological polar surface area (TPSA) is 56.5 Å². The highest BCUT2D eigenvalue weighted by atomic mass is 16.5. The number of ketones is 1. The normalized spacial score (nSPS) is 33.3. The molecule has 4 atom stereocenters. The number of furan rings is 1. The molecule has 0 aliphatic heterocycles. The minimum Gasteiger partial charge on any atom is -0.461 e. The second-order valence-electron chi connectivity index (χ2n) is 7.75. The van der Waals surface area contributed by atoms with Crippen LogP contribution in [-0.2, 0) is 9.53 Å². The van der Waals surface area contributed by atoms with Gasteiger partial charge in [0.05, 0.1) is 12.2 Å². The highest BCUT2D eigenvalue weighted by Crippen LogP contribution is 2.59. The van der Waals surface area contributed by atoms with Gasteiger partial charge in [-0.3, -0.25) is 9.59 Å². The molecule has 1 aromatic rings. The van der Waals surface area contributed by atoms with Crippen LogP contribution in [0.15, 0.2) is 10.7 Å². The smallest absolute Gasteiger partial charge is 0.309 e. The van der Waals surface area contributed by atoms with Crippen molar-refractivity contribution in [2.75, 3.05) is 0 Å². The lowest BCUT2D eigenvalue weighted by Gasteiger charge is -2.51. The number of ether oxygens (including phenoxy) is 1. The molecule has 4 heteroatoms. The fraction of sp³-hybridized carbons (Fsp3) is 0.684. The van der Waals surface area contributed by atoms with E-state index < -0.39 is 6.10 Å². The maximum atomic E-state index is 12.9. The zero-order chi connectivity index (χ0) is 16.9. The third-order valence-corrected chi connectivity index (χ3v) is 6.04. The molecule has 0 unspecified atom stereocenters. The summed E-state index contributed by atoms with van der Waals surface area (Å²) in [5.74, 6) is 0.268. The van der Waals surface area contributed by atoms with E-state index in [0.717, 1.165) is 30.4 Å². The Kier molecular flexibility index (Phi) is 3.89. The van der Waals surface area contributed by atoms with Gasteiger partial charge >= 0.3 is 5.97 Å². The van der Waals surface area contributed by atoms with Gasteiger partial charge in [0.15, 0.2) is 5.76 Å². The van der Waals surface area contributed by atoms with Crippen LogP contribution in [0.3, 0.4) is 0 Å². The lowest BCUT2D eigenvalue weighted by molar-refractivity contribution is -0.169. The first kappa shape index (κ1) is 16.3. The fourth-order valence-electron chi connectivity index (χ4n) is 4.33. The van der Waals surface area contributed by atoms with E-state index in [2.05, 4.69) is 13.8 Å². The van der Waals surface area contributed by atoms with Crippen LogP contribution in [0, 0.1) is 30.1 Å². The number of esters is 1. The van der Waals surface area contributed by atoms with E-state index in [4.69, 9.17) is 9.15 Å². The number of hydrogen-bond donors (Lipinski definition) is 0. The summed E-state index contributed by atoms with van der Waals surface area (Å²) in [6, 6.07) is 0. The number of aryl methyl sites for hydroxylation is 1. The molecule has 2 aliphatic carbocycles. The maximum Gasteiger partial charge on any atom is 0.309 e. The van der Waals surface area contributed by atoms with Gasteiger partial charge in [-0.05, 0) is 31.2 Å². The Morgan fingerprint density at radius 3 is 2.74 bits per heavy atom. The van der Waals surface area contributed by atoms with Crippen molar-refractivity contribution in [1.82, 2.24) is 0 Å². The second-order valence-corrected chi connectivity index (χ2v) is 7.75. The summed E-state index contributed by atoms with van der Waals surface area (Å²) in [6.45, 7) is 9.89. The lowest BCUT2D eigenvalue weighted by Crippen LogP contribution is -2.50. The summed E-state index contributed by atoms with van der Waals surface area (Å²) in [5.41, 5.74) is 1.32. The van der Waals surface area contributed by atoms with Crippen LogP contribution >= 0.6 is 0 Å². The quantitative estimate of drug-likeness (QED) is 0.755. The summed E-state index contributed by atoms with van der Waals surface area (Å²) < 4.78 is 11.5. The van der Waals surface area contributed by atoms with Gasteiger partial charge in [0, 0.05) is 16.9 Å². The van der Waals surface area contributed by atoms with Gasteiger partial charge in [0.2, 0.25) is 5.78 Å². The van der Waals surface area contributed by atoms with Crippen molar-refractivity contribution in [3.05, 3.63) is 23.2 Å². The number of hydrogen-bond acceptors (Lipinski definition) is 4. The van der Waals surface area contributed by atoms with E-state index >= 15 is 0 Å². The number of carbonyl (C=O) groups is 2. The van der Waals surface area contributed by atoms with Crippen LogP contribution in [0.25, 0.3) is 0 Å². The maximum absolute atomic E-state index is 12.9. The predicted molar refractivity (Wildman–Crippen MR) is 86.1 cm³/mol. The van der Waals surface area contributed by atoms with Gasteiger partial charge in [-0.15, -0.1) is 0 Å². The Morgan fingerprint density at radius 1 is 1.39 bits per heavy atom. The zero-order valence-electron chi connectivity index (χ0n) is 14.6. The van der Waals surface area contributed by atoms with Gasteiger partial charge < -0.3 is 9.15 Å². The molecular formula is C19H26O4. The van der Waals surface area contributed by atoms with E-state index in [1.165, 1.54) is 0 Å². The van der Waals surface area contributed by atoms with Crippen LogP contribution in [0.1, 0.15) is 74.7 Å². The van der Waals surface area contributed by atoms with Gasteiger partial charge in [-0.1, -0.05) is 34.1 Å². The predicted octanol–water partition coefficient (Wildman–Crippen LogP) is 4.47. The van der Waals surface area contributed by atoms with Crippen LogP contribution in [-0.4, -0.2) is 11.8 Å². The molecule has 1 heterocycles. The fourth-order valence-corrected chi connectivity index (χ4v) is 4.33. The lowest BCUT2D eigenvalue weighted by atomic mass is 9.54. The monoisotopic (exact) mass is 318 g/mol. The molecule has 126 valence electrons. The minimum absolute atomic E-state index is 0.0824. The van der Waals surface area contributed by atoms with Crippen molar-refractivity contribution in [1.29, 1.82) is 0 Å². The van der Waals surface area contributed by atoms with Crippen molar-refractivity contribution < 1.29 is 18.7 Å². The molecule has 23 heavy (non-hydrogen) atoms. The van der Waals surface area contributed by atoms with Crippen molar-refractivity contribution in [2.24, 2.45) is 23.2 Å². The average molecular weight is 318 g/mol. The molecule has 0 amide bonds. The first-order chi connectivity index (χ1) is 10.8. The summed E-state index contributed by atoms with van der Waals surface area (Å²) >= 11 is 0. The van der Waals surface area contributed by atoms with Crippen molar-refractivity contribution in [3.63, 3.8) is 0 Å². The average Bonchev–Trinajstić information content (AvgIpc) is 2.87. The van der Waals surface area contributed by atoms with Gasteiger partial charge in [0.25, 0.3) is 0 Å². The van der Waals surface area contributed by atoms with Gasteiger partial charge in [-0.2, -0.15) is 0 Å². The Labute approximate surface area is 137 Å². The minimum atomic E-state index is -0.399. The third-order valence-electron chi connectivity index (χ3n) is 6.04. The Morgan fingerprint density at radius 2 is 2.09 bits per heavy atom. The highest BCUT2D eigenvalue weighted by Gasteiger charge is 2.58. The molecular weight excluding hydrogens is 292 g/mol. The molecule has 0 spiro atoms. The largest absolute Gasteiger partial charge is 0.461 e. The number of Topliss-reactive ketones (excluding diaryl/α,β-unsaturated/α-hetero) is 1. The molecule has 1 fully saturated rings. The molecule has 1 aromatic heterocycles.